The van der Waals surface area contributed by atoms with Crippen LogP contribution in [-0.2, 0) is 19.7 Å². The summed E-state index contributed by atoms with van der Waals surface area (Å²) in [5, 5.41) is 21.1. The fourth-order valence-corrected chi connectivity index (χ4v) is 11.0. The lowest BCUT2D eigenvalue weighted by Gasteiger charge is -2.46. The van der Waals surface area contributed by atoms with Crippen molar-refractivity contribution in [2.75, 3.05) is 73.2 Å². The molecular weight excluding hydrogens is 966 g/mol. The molecule has 5 aromatic rings. The summed E-state index contributed by atoms with van der Waals surface area (Å²) in [4.78, 5) is 42.7. The van der Waals surface area contributed by atoms with Crippen molar-refractivity contribution < 1.29 is 38.0 Å². The minimum atomic E-state index is -2.09. The van der Waals surface area contributed by atoms with Crippen molar-refractivity contribution in [2.24, 2.45) is 15.6 Å². The van der Waals surface area contributed by atoms with Gasteiger partial charge in [0.15, 0.2) is 0 Å². The third kappa shape index (κ3) is 15.4. The molecular formula is C59H76N7O8P. The molecule has 1 fully saturated rings. The van der Waals surface area contributed by atoms with Crippen molar-refractivity contribution in [3.63, 3.8) is 0 Å². The quantitative estimate of drug-likeness (QED) is 0.0222. The van der Waals surface area contributed by atoms with Crippen LogP contribution in [0, 0.1) is 16.7 Å². The SMILES string of the molecule is COc1ccc(C(OCC2(COP(O)N(C(C)C)C(C)(C)CCC#N)CCN(C(=O)CCCCCNC(=O)c3ccc(/N=N/c4ccc(N(C)C)cc4)cc3)CC2)(c2ccc(OC)cc2)c2ccc(OC)cc2)cc1. The summed E-state index contributed by atoms with van der Waals surface area (Å²) in [6.45, 7) is 9.97. The molecule has 15 nitrogen and oxygen atoms in total. The van der Waals surface area contributed by atoms with E-state index >= 15 is 0 Å². The smallest absolute Gasteiger partial charge is 0.256 e. The van der Waals surface area contributed by atoms with E-state index < -0.39 is 25.1 Å². The number of azo groups is 1. The van der Waals surface area contributed by atoms with Gasteiger partial charge in [-0.1, -0.05) is 42.8 Å². The Morgan fingerprint density at radius 1 is 0.747 bits per heavy atom. The summed E-state index contributed by atoms with van der Waals surface area (Å²) >= 11 is 0. The zero-order valence-corrected chi connectivity index (χ0v) is 46.1. The number of rotatable bonds is 27. The molecule has 6 rings (SSSR count). The third-order valence-corrected chi connectivity index (χ3v) is 15.8. The maximum absolute atomic E-state index is 13.9. The maximum atomic E-state index is 13.9. The zero-order chi connectivity index (χ0) is 54.0. The Hall–Kier alpha value is -6.40. The molecule has 1 aliphatic heterocycles. The molecule has 0 bridgehead atoms. The third-order valence-electron chi connectivity index (χ3n) is 14.0. The van der Waals surface area contributed by atoms with Crippen LogP contribution in [0.15, 0.2) is 132 Å². The molecule has 1 unspecified atom stereocenters. The molecule has 1 heterocycles. The number of nitriles is 1. The Balaban J connectivity index is 1.13. The summed E-state index contributed by atoms with van der Waals surface area (Å²) in [6.07, 6.45) is 4.63. The van der Waals surface area contributed by atoms with Crippen molar-refractivity contribution in [3.8, 4) is 23.3 Å². The molecule has 1 saturated heterocycles. The highest BCUT2D eigenvalue weighted by molar-refractivity contribution is 7.43. The van der Waals surface area contributed by atoms with Crippen LogP contribution < -0.4 is 24.4 Å². The van der Waals surface area contributed by atoms with E-state index in [0.29, 0.717) is 86.7 Å². The van der Waals surface area contributed by atoms with Crippen molar-refractivity contribution in [1.82, 2.24) is 14.9 Å². The first-order chi connectivity index (χ1) is 36.1. The van der Waals surface area contributed by atoms with E-state index in [1.165, 1.54) is 0 Å². The van der Waals surface area contributed by atoms with E-state index in [1.54, 1.807) is 45.6 Å². The number of amides is 2. The number of nitrogens with zero attached hydrogens (tertiary/aromatic N) is 6. The number of benzene rings is 5. The summed E-state index contributed by atoms with van der Waals surface area (Å²) in [6, 6.07) is 40.7. The Bertz CT molecular complexity index is 2520. The number of nitrogens with one attached hydrogen (secondary N) is 1. The van der Waals surface area contributed by atoms with Crippen LogP contribution in [0.2, 0.25) is 0 Å². The topological polar surface area (TPSA) is 171 Å². The van der Waals surface area contributed by atoms with Gasteiger partial charge < -0.3 is 43.5 Å². The number of hydrogen-bond acceptors (Lipinski definition) is 13. The van der Waals surface area contributed by atoms with Gasteiger partial charge in [-0.05, 0) is 161 Å². The second kappa shape index (κ2) is 27.4. The zero-order valence-electron chi connectivity index (χ0n) is 45.3. The molecule has 75 heavy (non-hydrogen) atoms. The fraction of sp³-hybridized carbons (Fsp3) is 0.441. The highest BCUT2D eigenvalue weighted by Gasteiger charge is 2.45. The number of hydrogen-bond donors (Lipinski definition) is 2. The van der Waals surface area contributed by atoms with E-state index in [0.717, 1.165) is 40.9 Å². The van der Waals surface area contributed by atoms with Gasteiger partial charge in [0, 0.05) is 74.8 Å². The van der Waals surface area contributed by atoms with E-state index in [-0.39, 0.29) is 31.1 Å². The van der Waals surface area contributed by atoms with Gasteiger partial charge in [-0.3, -0.25) is 9.59 Å². The molecule has 0 aromatic heterocycles. The summed E-state index contributed by atoms with van der Waals surface area (Å²) in [7, 11) is 6.80. The van der Waals surface area contributed by atoms with Gasteiger partial charge in [0.05, 0.1) is 52.0 Å². The van der Waals surface area contributed by atoms with Crippen LogP contribution in [0.25, 0.3) is 0 Å². The number of piperidine rings is 1. The summed E-state index contributed by atoms with van der Waals surface area (Å²) in [5.41, 5.74) is 3.33. The van der Waals surface area contributed by atoms with Gasteiger partial charge in [0.2, 0.25) is 5.91 Å². The highest BCUT2D eigenvalue weighted by atomic mass is 31.2. The van der Waals surface area contributed by atoms with Crippen molar-refractivity contribution in [2.45, 2.75) is 96.2 Å². The van der Waals surface area contributed by atoms with Gasteiger partial charge in [-0.25, -0.2) is 4.67 Å². The number of ether oxygens (including phenoxy) is 4. The van der Waals surface area contributed by atoms with Gasteiger partial charge in [-0.2, -0.15) is 15.5 Å². The van der Waals surface area contributed by atoms with Gasteiger partial charge in [0.1, 0.15) is 22.8 Å². The largest absolute Gasteiger partial charge is 0.497 e. The molecule has 400 valence electrons. The number of unbranched alkanes of at least 4 members (excludes halogenated alkanes) is 2. The summed E-state index contributed by atoms with van der Waals surface area (Å²) < 4.78 is 32.9. The summed E-state index contributed by atoms with van der Waals surface area (Å²) in [5.74, 6) is 2.03. The van der Waals surface area contributed by atoms with Crippen LogP contribution >= 0.6 is 8.53 Å². The van der Waals surface area contributed by atoms with Gasteiger partial charge in [0.25, 0.3) is 14.4 Å². The normalized spacial score (nSPS) is 14.1. The molecule has 1 aliphatic rings. The Morgan fingerprint density at radius 3 is 1.69 bits per heavy atom. The second-order valence-electron chi connectivity index (χ2n) is 20.2. The minimum Gasteiger partial charge on any atom is -0.497 e. The standard InChI is InChI=1S/C59H76N7O8P/c1-44(2)66(57(3,4)35-13-38-60)75(69)74-43-58(42-73-59(46-17-29-52(70-7)30-18-46,47-19-31-53(71-8)32-20-47)48-21-33-54(72-9)34-22-48)36-40-65(41-37-58)55(67)14-11-10-12-39-61-56(68)45-15-23-49(24-16-45)62-63-50-25-27-51(28-26-50)64(5)6/h15-34,44,69H,10-14,35-37,39-43H2,1-9H3,(H,61,68)/b63-62+. The van der Waals surface area contributed by atoms with E-state index in [2.05, 4.69) is 21.6 Å². The minimum absolute atomic E-state index is 0.0648. The average Bonchev–Trinajstić information content (AvgIpc) is 3.44. The average molecular weight is 1040 g/mol. The van der Waals surface area contributed by atoms with E-state index in [1.807, 2.05) is 153 Å². The molecule has 0 spiro atoms. The first-order valence-electron chi connectivity index (χ1n) is 25.8. The van der Waals surface area contributed by atoms with E-state index in [4.69, 9.17) is 23.5 Å². The molecule has 2 N–H and O–H groups in total. The van der Waals surface area contributed by atoms with E-state index in [9.17, 15) is 19.7 Å². The van der Waals surface area contributed by atoms with Crippen LogP contribution in [0.3, 0.4) is 0 Å². The predicted molar refractivity (Wildman–Crippen MR) is 296 cm³/mol. The Morgan fingerprint density at radius 2 is 1.24 bits per heavy atom. The Kier molecular flexibility index (Phi) is 21.1. The lowest BCUT2D eigenvalue weighted by atomic mass is 9.77. The van der Waals surface area contributed by atoms with Crippen molar-refractivity contribution in [1.29, 1.82) is 5.26 Å². The van der Waals surface area contributed by atoms with Crippen molar-refractivity contribution in [3.05, 3.63) is 144 Å². The number of carbonyl (C=O) groups excluding carboxylic acids is 2. The second-order valence-corrected chi connectivity index (χ2v) is 21.4. The first-order valence-corrected chi connectivity index (χ1v) is 26.9. The predicted octanol–water partition coefficient (Wildman–Crippen LogP) is 12.1. The van der Waals surface area contributed by atoms with Crippen LogP contribution in [0.5, 0.6) is 17.2 Å². The number of methoxy groups -OCH3 is 3. The van der Waals surface area contributed by atoms with Gasteiger partial charge >= 0.3 is 0 Å². The van der Waals surface area contributed by atoms with Crippen LogP contribution in [-0.4, -0.2) is 106 Å². The Labute approximate surface area is 445 Å². The molecule has 0 radical (unpaired) electrons. The molecule has 0 saturated carbocycles. The monoisotopic (exact) mass is 1040 g/mol. The van der Waals surface area contributed by atoms with Crippen molar-refractivity contribution >= 4 is 37.4 Å². The van der Waals surface area contributed by atoms with Crippen LogP contribution in [0.1, 0.15) is 106 Å². The lowest BCUT2D eigenvalue weighted by Crippen LogP contribution is -2.49. The molecule has 16 heteroatoms. The molecule has 2 amide bonds. The van der Waals surface area contributed by atoms with Crippen LogP contribution in [0.4, 0.5) is 17.1 Å². The molecule has 1 atom stereocenters. The van der Waals surface area contributed by atoms with Gasteiger partial charge in [-0.15, -0.1) is 0 Å². The number of anilines is 1. The lowest BCUT2D eigenvalue weighted by molar-refractivity contribution is -0.136. The highest BCUT2D eigenvalue weighted by Crippen LogP contribution is 2.50. The first kappa shape index (κ1) is 57.9. The number of likely N-dealkylation sites (tertiary alicyclic amines) is 1. The molecule has 0 aliphatic carbocycles. The number of carbonyl (C=O) groups is 2. The molecule has 5 aromatic carbocycles. The fourth-order valence-electron chi connectivity index (χ4n) is 9.56. The maximum Gasteiger partial charge on any atom is 0.256 e.